The Morgan fingerprint density at radius 3 is 2.04 bits per heavy atom. The quantitative estimate of drug-likeness (QED) is 0.201. The van der Waals surface area contributed by atoms with E-state index in [9.17, 15) is 0 Å². The van der Waals surface area contributed by atoms with Gasteiger partial charge in [0, 0.05) is 5.92 Å². The standard InChI is InChI=1S/C43H37N3/c1-29-21-23-30(24-22-29)34-25-35(40-28-33-17-9-10-18-37(33)38-19-11-12-20-39(38)40)27-36(26-34)41-44-42(31-13-5-3-6-14-31)46(2)43(45-41)32-15-7-4-8-16-32/h3-25,27-28,36,42-43H,26H2,1-2H3,(H,44,45). The van der Waals surface area contributed by atoms with E-state index in [1.54, 1.807) is 0 Å². The van der Waals surface area contributed by atoms with Gasteiger partial charge in [0.2, 0.25) is 0 Å². The molecule has 1 heterocycles. The first-order valence-corrected chi connectivity index (χ1v) is 16.2. The average Bonchev–Trinajstić information content (AvgIpc) is 3.12. The summed E-state index contributed by atoms with van der Waals surface area (Å²) in [5.41, 5.74) is 8.79. The predicted octanol–water partition coefficient (Wildman–Crippen LogP) is 10.1. The normalized spacial score (nSPS) is 20.1. The molecule has 2 aliphatic rings. The number of nitrogens with one attached hydrogen (secondary N) is 1. The molecule has 46 heavy (non-hydrogen) atoms. The van der Waals surface area contributed by atoms with Crippen LogP contribution in [0.2, 0.25) is 0 Å². The van der Waals surface area contributed by atoms with E-state index < -0.39 is 0 Å². The molecule has 0 aromatic heterocycles. The topological polar surface area (TPSA) is 27.6 Å². The molecule has 0 radical (unpaired) electrons. The molecule has 6 aromatic carbocycles. The van der Waals surface area contributed by atoms with Gasteiger partial charge in [0.05, 0.1) is 0 Å². The zero-order chi connectivity index (χ0) is 31.0. The van der Waals surface area contributed by atoms with E-state index in [0.29, 0.717) is 0 Å². The lowest BCUT2D eigenvalue weighted by Crippen LogP contribution is -2.48. The van der Waals surface area contributed by atoms with Crippen LogP contribution in [0.3, 0.4) is 0 Å². The van der Waals surface area contributed by atoms with E-state index in [0.717, 1.165) is 12.3 Å². The van der Waals surface area contributed by atoms with Crippen molar-refractivity contribution in [2.24, 2.45) is 10.9 Å². The van der Waals surface area contributed by atoms with Gasteiger partial charge in [-0.15, -0.1) is 0 Å². The van der Waals surface area contributed by atoms with Gasteiger partial charge < -0.3 is 5.32 Å². The molecule has 1 N–H and O–H groups in total. The second-order valence-corrected chi connectivity index (χ2v) is 12.6. The van der Waals surface area contributed by atoms with E-state index >= 15 is 0 Å². The summed E-state index contributed by atoms with van der Waals surface area (Å²) in [5, 5.41) is 9.01. The molecule has 0 amide bonds. The fourth-order valence-electron chi connectivity index (χ4n) is 7.15. The lowest BCUT2D eigenvalue weighted by molar-refractivity contribution is 0.149. The van der Waals surface area contributed by atoms with Gasteiger partial charge in [-0.25, -0.2) is 4.99 Å². The van der Waals surface area contributed by atoms with Crippen molar-refractivity contribution in [2.45, 2.75) is 25.7 Å². The Morgan fingerprint density at radius 2 is 1.30 bits per heavy atom. The Labute approximate surface area is 271 Å². The first kappa shape index (κ1) is 28.2. The van der Waals surface area contributed by atoms with Crippen LogP contribution >= 0.6 is 0 Å². The van der Waals surface area contributed by atoms with E-state index in [2.05, 4.69) is 176 Å². The summed E-state index contributed by atoms with van der Waals surface area (Å²) < 4.78 is 0. The minimum atomic E-state index is -0.102. The number of hydrogen-bond donors (Lipinski definition) is 1. The molecule has 3 heteroatoms. The van der Waals surface area contributed by atoms with Crippen molar-refractivity contribution >= 4 is 38.5 Å². The van der Waals surface area contributed by atoms with Crippen LogP contribution in [0.25, 0.3) is 32.7 Å². The molecule has 0 saturated heterocycles. The number of benzene rings is 6. The molecule has 3 nitrogen and oxygen atoms in total. The summed E-state index contributed by atoms with van der Waals surface area (Å²) >= 11 is 0. The molecular formula is C43H37N3. The third kappa shape index (κ3) is 5.23. The largest absolute Gasteiger partial charge is 0.354 e. The molecule has 0 spiro atoms. The first-order chi connectivity index (χ1) is 22.6. The fraction of sp³-hybridized carbons (Fsp3) is 0.140. The van der Waals surface area contributed by atoms with E-state index in [-0.39, 0.29) is 18.2 Å². The number of allylic oxidation sites excluding steroid dienone is 3. The van der Waals surface area contributed by atoms with Crippen molar-refractivity contribution in [2.75, 3.05) is 7.05 Å². The molecule has 6 aromatic rings. The number of aryl methyl sites for hydroxylation is 1. The van der Waals surface area contributed by atoms with Crippen LogP contribution in [0.1, 0.15) is 46.6 Å². The highest BCUT2D eigenvalue weighted by atomic mass is 15.4. The Kier molecular flexibility index (Phi) is 7.32. The highest BCUT2D eigenvalue weighted by molar-refractivity contribution is 6.13. The Bertz CT molecular complexity index is 2120. The number of nitrogens with zero attached hydrogens (tertiary/aromatic N) is 2. The van der Waals surface area contributed by atoms with Gasteiger partial charge in [0.25, 0.3) is 0 Å². The second kappa shape index (κ2) is 11.9. The van der Waals surface area contributed by atoms with Gasteiger partial charge in [-0.1, -0.05) is 151 Å². The van der Waals surface area contributed by atoms with Crippen molar-refractivity contribution in [3.05, 3.63) is 179 Å². The van der Waals surface area contributed by atoms with Gasteiger partial charge in [-0.2, -0.15) is 0 Å². The second-order valence-electron chi connectivity index (χ2n) is 12.6. The number of amidine groups is 1. The van der Waals surface area contributed by atoms with E-state index in [4.69, 9.17) is 4.99 Å². The Morgan fingerprint density at radius 1 is 0.674 bits per heavy atom. The number of hydrogen-bond acceptors (Lipinski definition) is 3. The third-order valence-corrected chi connectivity index (χ3v) is 9.55. The number of fused-ring (bicyclic) bond motifs is 3. The maximum absolute atomic E-state index is 5.47. The first-order valence-electron chi connectivity index (χ1n) is 16.2. The van der Waals surface area contributed by atoms with Crippen LogP contribution in [0.5, 0.6) is 0 Å². The lowest BCUT2D eigenvalue weighted by Gasteiger charge is -2.41. The zero-order valence-corrected chi connectivity index (χ0v) is 26.3. The summed E-state index contributed by atoms with van der Waals surface area (Å²) in [6, 6.07) is 50.3. The maximum Gasteiger partial charge on any atom is 0.131 e. The SMILES string of the molecule is Cc1ccc(C2=CC(c3cc4ccccc4c4ccccc34)=CC(C3=NC(c4ccccc4)N(C)C(c4ccccc4)N3)C2)cc1. The number of aliphatic imine (C=N–C) groups is 1. The van der Waals surface area contributed by atoms with Crippen molar-refractivity contribution in [1.29, 1.82) is 0 Å². The third-order valence-electron chi connectivity index (χ3n) is 9.55. The molecule has 8 rings (SSSR count). The Balaban J connectivity index is 1.31. The van der Waals surface area contributed by atoms with Crippen LogP contribution < -0.4 is 5.32 Å². The van der Waals surface area contributed by atoms with Crippen molar-refractivity contribution in [3.63, 3.8) is 0 Å². The van der Waals surface area contributed by atoms with Gasteiger partial charge in [-0.05, 0) is 81.4 Å². The highest BCUT2D eigenvalue weighted by Gasteiger charge is 2.34. The molecule has 3 atom stereocenters. The summed E-state index contributed by atoms with van der Waals surface area (Å²) in [5.74, 6) is 1.11. The molecule has 0 fully saturated rings. The predicted molar refractivity (Wildman–Crippen MR) is 193 cm³/mol. The average molecular weight is 596 g/mol. The summed E-state index contributed by atoms with van der Waals surface area (Å²) in [4.78, 5) is 7.82. The van der Waals surface area contributed by atoms with Crippen molar-refractivity contribution < 1.29 is 0 Å². The molecule has 0 saturated carbocycles. The molecule has 0 bridgehead atoms. The van der Waals surface area contributed by atoms with Gasteiger partial charge in [0.15, 0.2) is 0 Å². The maximum atomic E-state index is 5.47. The van der Waals surface area contributed by atoms with Crippen molar-refractivity contribution in [3.8, 4) is 0 Å². The summed E-state index contributed by atoms with van der Waals surface area (Å²) in [6.07, 6.45) is 5.63. The zero-order valence-electron chi connectivity index (χ0n) is 26.3. The van der Waals surface area contributed by atoms with Crippen LogP contribution in [-0.4, -0.2) is 17.8 Å². The van der Waals surface area contributed by atoms with Gasteiger partial charge >= 0.3 is 0 Å². The minimum absolute atomic E-state index is 0.00835. The monoisotopic (exact) mass is 595 g/mol. The van der Waals surface area contributed by atoms with Gasteiger partial charge in [-0.3, -0.25) is 4.90 Å². The Hall–Kier alpha value is -5.25. The van der Waals surface area contributed by atoms with Crippen LogP contribution in [0.4, 0.5) is 0 Å². The smallest absolute Gasteiger partial charge is 0.131 e. The molecule has 224 valence electrons. The molecular weight excluding hydrogens is 558 g/mol. The fourth-order valence-corrected chi connectivity index (χ4v) is 7.15. The molecule has 3 unspecified atom stereocenters. The number of rotatable bonds is 5. The highest BCUT2D eigenvalue weighted by Crippen LogP contribution is 2.41. The van der Waals surface area contributed by atoms with Crippen molar-refractivity contribution in [1.82, 2.24) is 10.2 Å². The molecule has 1 aliphatic heterocycles. The van der Waals surface area contributed by atoms with E-state index in [1.165, 1.54) is 60.5 Å². The van der Waals surface area contributed by atoms with Crippen LogP contribution in [0, 0.1) is 12.8 Å². The van der Waals surface area contributed by atoms with Crippen LogP contribution in [-0.2, 0) is 0 Å². The van der Waals surface area contributed by atoms with Crippen LogP contribution in [0.15, 0.2) is 157 Å². The van der Waals surface area contributed by atoms with E-state index in [1.807, 2.05) is 0 Å². The lowest BCUT2D eigenvalue weighted by atomic mass is 9.82. The molecule has 1 aliphatic carbocycles. The minimum Gasteiger partial charge on any atom is -0.354 e. The summed E-state index contributed by atoms with van der Waals surface area (Å²) in [7, 11) is 2.17. The summed E-state index contributed by atoms with van der Waals surface area (Å²) in [6.45, 7) is 2.15. The van der Waals surface area contributed by atoms with Gasteiger partial charge in [0.1, 0.15) is 18.2 Å².